The molecule has 1 N–H and O–H groups in total. The average Bonchev–Trinajstić information content (AvgIpc) is 2.54. The van der Waals surface area contributed by atoms with Crippen molar-refractivity contribution >= 4 is 23.5 Å². The fraction of sp³-hybridized carbons (Fsp3) is 0.105. The van der Waals surface area contributed by atoms with Crippen LogP contribution in [0.2, 0.25) is 0 Å². The van der Waals surface area contributed by atoms with Gasteiger partial charge in [-0.3, -0.25) is 9.59 Å². The molecule has 0 heterocycles. The number of Topliss-reactive ketones (excluding diaryl/α,β-unsaturated/α-hetero) is 1. The molecule has 2 aromatic carbocycles. The highest BCUT2D eigenvalue weighted by molar-refractivity contribution is 6.12. The van der Waals surface area contributed by atoms with Crippen LogP contribution in [0, 0.1) is 18.3 Å². The number of anilines is 1. The van der Waals surface area contributed by atoms with Crippen LogP contribution in [0.15, 0.2) is 54.1 Å². The summed E-state index contributed by atoms with van der Waals surface area (Å²) in [5, 5.41) is 11.8. The van der Waals surface area contributed by atoms with Gasteiger partial charge in [0.05, 0.1) is 5.69 Å². The minimum atomic E-state index is -0.540. The van der Waals surface area contributed by atoms with Crippen LogP contribution in [0.5, 0.6) is 0 Å². The predicted molar refractivity (Wildman–Crippen MR) is 89.8 cm³/mol. The van der Waals surface area contributed by atoms with E-state index in [0.717, 1.165) is 11.1 Å². The smallest absolute Gasteiger partial charge is 0.266 e. The second kappa shape index (κ2) is 7.19. The molecular formula is C19H16N2O2. The molecule has 0 saturated heterocycles. The lowest BCUT2D eigenvalue weighted by Gasteiger charge is -2.08. The van der Waals surface area contributed by atoms with Gasteiger partial charge in [0, 0.05) is 5.56 Å². The number of amides is 1. The Hall–Kier alpha value is -3.19. The average molecular weight is 304 g/mol. The minimum absolute atomic E-state index is 0.0211. The molecule has 114 valence electrons. The van der Waals surface area contributed by atoms with E-state index < -0.39 is 5.91 Å². The Morgan fingerprint density at radius 3 is 2.35 bits per heavy atom. The molecule has 2 rings (SSSR count). The maximum atomic E-state index is 12.3. The summed E-state index contributed by atoms with van der Waals surface area (Å²) < 4.78 is 0. The molecule has 23 heavy (non-hydrogen) atoms. The molecule has 0 atom stereocenters. The van der Waals surface area contributed by atoms with Crippen molar-refractivity contribution in [2.24, 2.45) is 0 Å². The number of ketones is 1. The molecule has 0 radical (unpaired) electrons. The standard InChI is InChI=1S/C19H16N2O2/c1-13-7-9-15(10-8-13)11-16(12-20)19(23)21-18-6-4-3-5-17(18)14(2)22/h3-11H,1-2H3,(H,21,23)/b16-11-. The van der Waals surface area contributed by atoms with E-state index in [2.05, 4.69) is 5.32 Å². The Labute approximate surface area is 135 Å². The maximum Gasteiger partial charge on any atom is 0.266 e. The first-order chi connectivity index (χ1) is 11.0. The molecule has 0 aliphatic rings. The van der Waals surface area contributed by atoms with Crippen LogP contribution < -0.4 is 5.32 Å². The monoisotopic (exact) mass is 304 g/mol. The van der Waals surface area contributed by atoms with Gasteiger partial charge in [-0.05, 0) is 37.6 Å². The van der Waals surface area contributed by atoms with Crippen molar-refractivity contribution in [1.82, 2.24) is 0 Å². The molecule has 4 nitrogen and oxygen atoms in total. The molecule has 4 heteroatoms. The van der Waals surface area contributed by atoms with Crippen molar-refractivity contribution in [3.05, 3.63) is 70.8 Å². The Morgan fingerprint density at radius 1 is 1.09 bits per heavy atom. The summed E-state index contributed by atoms with van der Waals surface area (Å²) in [6.45, 7) is 3.39. The van der Waals surface area contributed by atoms with Crippen LogP contribution in [-0.2, 0) is 4.79 Å². The summed E-state index contributed by atoms with van der Waals surface area (Å²) in [5.74, 6) is -0.691. The number of rotatable bonds is 4. The molecule has 0 unspecified atom stereocenters. The number of carbonyl (C=O) groups is 2. The second-order valence-corrected chi connectivity index (χ2v) is 5.14. The van der Waals surface area contributed by atoms with Crippen LogP contribution in [0.3, 0.4) is 0 Å². The fourth-order valence-corrected chi connectivity index (χ4v) is 2.07. The highest BCUT2D eigenvalue weighted by Gasteiger charge is 2.13. The van der Waals surface area contributed by atoms with Gasteiger partial charge in [-0.1, -0.05) is 42.0 Å². The number of para-hydroxylation sites is 1. The molecule has 0 bridgehead atoms. The number of nitrogens with zero attached hydrogens (tertiary/aromatic N) is 1. The number of nitrogens with one attached hydrogen (secondary N) is 1. The van der Waals surface area contributed by atoms with E-state index in [1.54, 1.807) is 24.3 Å². The number of nitriles is 1. The zero-order chi connectivity index (χ0) is 16.8. The van der Waals surface area contributed by atoms with E-state index in [1.165, 1.54) is 13.0 Å². The van der Waals surface area contributed by atoms with Crippen molar-refractivity contribution in [2.45, 2.75) is 13.8 Å². The maximum absolute atomic E-state index is 12.3. The molecule has 0 aromatic heterocycles. The van der Waals surface area contributed by atoms with E-state index >= 15 is 0 Å². The van der Waals surface area contributed by atoms with E-state index in [0.29, 0.717) is 11.3 Å². The molecule has 1 amide bonds. The molecule has 0 fully saturated rings. The first-order valence-corrected chi connectivity index (χ1v) is 7.11. The summed E-state index contributed by atoms with van der Waals surface area (Å²) >= 11 is 0. The van der Waals surface area contributed by atoms with Gasteiger partial charge in [-0.15, -0.1) is 0 Å². The Morgan fingerprint density at radius 2 is 1.74 bits per heavy atom. The molecule has 0 aliphatic carbocycles. The molecule has 2 aromatic rings. The fourth-order valence-electron chi connectivity index (χ4n) is 2.07. The number of hydrogen-bond donors (Lipinski definition) is 1. The SMILES string of the molecule is CC(=O)c1ccccc1NC(=O)/C(C#N)=C\c1ccc(C)cc1. The van der Waals surface area contributed by atoms with Gasteiger partial charge < -0.3 is 5.32 Å². The molecular weight excluding hydrogens is 288 g/mol. The van der Waals surface area contributed by atoms with Gasteiger partial charge in [-0.25, -0.2) is 0 Å². The quantitative estimate of drug-likeness (QED) is 0.531. The lowest BCUT2D eigenvalue weighted by Crippen LogP contribution is -2.15. The highest BCUT2D eigenvalue weighted by Crippen LogP contribution is 2.17. The van der Waals surface area contributed by atoms with E-state index in [1.807, 2.05) is 37.3 Å². The van der Waals surface area contributed by atoms with E-state index in [-0.39, 0.29) is 11.4 Å². The van der Waals surface area contributed by atoms with Crippen molar-refractivity contribution in [3.8, 4) is 6.07 Å². The van der Waals surface area contributed by atoms with Crippen LogP contribution >= 0.6 is 0 Å². The third kappa shape index (κ3) is 4.14. The number of aryl methyl sites for hydroxylation is 1. The van der Waals surface area contributed by atoms with Crippen molar-refractivity contribution in [2.75, 3.05) is 5.32 Å². The zero-order valence-electron chi connectivity index (χ0n) is 13.0. The normalized spacial score (nSPS) is 10.7. The molecule has 0 spiro atoms. The van der Waals surface area contributed by atoms with Gasteiger partial charge >= 0.3 is 0 Å². The Bertz CT molecular complexity index is 812. The van der Waals surface area contributed by atoms with Crippen LogP contribution in [0.1, 0.15) is 28.4 Å². The Balaban J connectivity index is 2.27. The summed E-state index contributed by atoms with van der Waals surface area (Å²) in [5.41, 5.74) is 2.65. The third-order valence-corrected chi connectivity index (χ3v) is 3.31. The summed E-state index contributed by atoms with van der Waals surface area (Å²) in [7, 11) is 0. The van der Waals surface area contributed by atoms with E-state index in [4.69, 9.17) is 0 Å². The van der Waals surface area contributed by atoms with Crippen molar-refractivity contribution in [3.63, 3.8) is 0 Å². The van der Waals surface area contributed by atoms with Gasteiger partial charge in [0.15, 0.2) is 5.78 Å². The number of benzene rings is 2. The first kappa shape index (κ1) is 16.2. The van der Waals surface area contributed by atoms with E-state index in [9.17, 15) is 14.9 Å². The van der Waals surface area contributed by atoms with Crippen LogP contribution in [0.4, 0.5) is 5.69 Å². The summed E-state index contributed by atoms with van der Waals surface area (Å²) in [6, 6.07) is 16.1. The summed E-state index contributed by atoms with van der Waals surface area (Å²) in [4.78, 5) is 23.9. The van der Waals surface area contributed by atoms with Crippen LogP contribution in [0.25, 0.3) is 6.08 Å². The largest absolute Gasteiger partial charge is 0.321 e. The lowest BCUT2D eigenvalue weighted by molar-refractivity contribution is -0.112. The lowest BCUT2D eigenvalue weighted by atomic mass is 10.1. The topological polar surface area (TPSA) is 70.0 Å². The first-order valence-electron chi connectivity index (χ1n) is 7.11. The highest BCUT2D eigenvalue weighted by atomic mass is 16.2. The second-order valence-electron chi connectivity index (χ2n) is 5.14. The van der Waals surface area contributed by atoms with Gasteiger partial charge in [0.25, 0.3) is 5.91 Å². The molecule has 0 saturated carbocycles. The Kier molecular flexibility index (Phi) is 5.06. The zero-order valence-corrected chi connectivity index (χ0v) is 13.0. The van der Waals surface area contributed by atoms with Gasteiger partial charge in [-0.2, -0.15) is 5.26 Å². The van der Waals surface area contributed by atoms with Crippen molar-refractivity contribution < 1.29 is 9.59 Å². The van der Waals surface area contributed by atoms with Crippen LogP contribution in [-0.4, -0.2) is 11.7 Å². The van der Waals surface area contributed by atoms with Gasteiger partial charge in [0.1, 0.15) is 11.6 Å². The van der Waals surface area contributed by atoms with Gasteiger partial charge in [0.2, 0.25) is 0 Å². The number of carbonyl (C=O) groups excluding carboxylic acids is 2. The van der Waals surface area contributed by atoms with Crippen molar-refractivity contribution in [1.29, 1.82) is 5.26 Å². The third-order valence-electron chi connectivity index (χ3n) is 3.31. The minimum Gasteiger partial charge on any atom is -0.321 e. The predicted octanol–water partition coefficient (Wildman–Crippen LogP) is 3.74. The summed E-state index contributed by atoms with van der Waals surface area (Å²) in [6.07, 6.45) is 1.52. The molecule has 0 aliphatic heterocycles. The number of hydrogen-bond acceptors (Lipinski definition) is 3.